The van der Waals surface area contributed by atoms with Crippen LogP contribution in [0.5, 0.6) is 17.2 Å². The Morgan fingerprint density at radius 2 is 1.64 bits per heavy atom. The van der Waals surface area contributed by atoms with Crippen LogP contribution in [0.25, 0.3) is 0 Å². The molecular weight excluding hydrogens is 280 g/mol. The van der Waals surface area contributed by atoms with Crippen LogP contribution < -0.4 is 9.47 Å². The molecular formula is C18H20O4. The molecule has 0 amide bonds. The van der Waals surface area contributed by atoms with E-state index in [1.54, 1.807) is 0 Å². The SMILES string of the molecule is CC[C@H]1OC[C@@H](COc2ccc(Oc3ccccc3)cc2)O1. The summed E-state index contributed by atoms with van der Waals surface area (Å²) < 4.78 is 22.6. The van der Waals surface area contributed by atoms with E-state index in [4.69, 9.17) is 18.9 Å². The average molecular weight is 300 g/mol. The second kappa shape index (κ2) is 7.29. The van der Waals surface area contributed by atoms with E-state index in [0.717, 1.165) is 23.7 Å². The van der Waals surface area contributed by atoms with Gasteiger partial charge in [-0.15, -0.1) is 0 Å². The van der Waals surface area contributed by atoms with Crippen molar-refractivity contribution in [1.29, 1.82) is 0 Å². The normalized spacial score (nSPS) is 20.8. The minimum atomic E-state index is -0.0877. The summed E-state index contributed by atoms with van der Waals surface area (Å²) >= 11 is 0. The number of benzene rings is 2. The molecule has 2 aromatic rings. The van der Waals surface area contributed by atoms with Crippen LogP contribution in [0.3, 0.4) is 0 Å². The molecule has 2 atom stereocenters. The lowest BCUT2D eigenvalue weighted by atomic mass is 10.3. The third-order valence-corrected chi connectivity index (χ3v) is 3.38. The maximum absolute atomic E-state index is 5.74. The summed E-state index contributed by atoms with van der Waals surface area (Å²) in [5.41, 5.74) is 0. The van der Waals surface area contributed by atoms with Gasteiger partial charge >= 0.3 is 0 Å². The molecule has 1 aliphatic heterocycles. The zero-order chi connectivity index (χ0) is 15.2. The Bertz CT molecular complexity index is 567. The quantitative estimate of drug-likeness (QED) is 0.807. The first kappa shape index (κ1) is 14.9. The molecule has 0 aromatic heterocycles. The highest BCUT2D eigenvalue weighted by molar-refractivity contribution is 5.35. The molecule has 22 heavy (non-hydrogen) atoms. The van der Waals surface area contributed by atoms with Crippen molar-refractivity contribution in [3.63, 3.8) is 0 Å². The molecule has 0 bridgehead atoms. The minimum Gasteiger partial charge on any atom is -0.491 e. The van der Waals surface area contributed by atoms with Gasteiger partial charge in [-0.05, 0) is 42.8 Å². The number of rotatable bonds is 6. The monoisotopic (exact) mass is 300 g/mol. The van der Waals surface area contributed by atoms with Gasteiger partial charge in [0, 0.05) is 0 Å². The standard InChI is InChI=1S/C18H20O4/c1-2-18-20-13-17(22-18)12-19-14-8-10-16(11-9-14)21-15-6-4-3-5-7-15/h3-11,17-18H,2,12-13H2,1H3/t17-,18+/m1/s1. The highest BCUT2D eigenvalue weighted by atomic mass is 16.7. The Morgan fingerprint density at radius 1 is 0.955 bits per heavy atom. The van der Waals surface area contributed by atoms with E-state index < -0.39 is 0 Å². The molecule has 116 valence electrons. The van der Waals surface area contributed by atoms with Gasteiger partial charge in [-0.1, -0.05) is 25.1 Å². The van der Waals surface area contributed by atoms with Crippen molar-refractivity contribution in [3.8, 4) is 17.2 Å². The fraction of sp³-hybridized carbons (Fsp3) is 0.333. The summed E-state index contributed by atoms with van der Waals surface area (Å²) in [4.78, 5) is 0. The molecule has 1 aliphatic rings. The third-order valence-electron chi connectivity index (χ3n) is 3.38. The van der Waals surface area contributed by atoms with Crippen molar-refractivity contribution < 1.29 is 18.9 Å². The van der Waals surface area contributed by atoms with Crippen LogP contribution >= 0.6 is 0 Å². The molecule has 4 heteroatoms. The molecule has 0 spiro atoms. The Hall–Kier alpha value is -2.04. The van der Waals surface area contributed by atoms with E-state index in [0.29, 0.717) is 13.2 Å². The van der Waals surface area contributed by atoms with Gasteiger partial charge in [0.25, 0.3) is 0 Å². The number of hydrogen-bond acceptors (Lipinski definition) is 4. The van der Waals surface area contributed by atoms with Crippen LogP contribution in [0.1, 0.15) is 13.3 Å². The summed E-state index contributed by atoms with van der Waals surface area (Å²) in [6, 6.07) is 17.3. The van der Waals surface area contributed by atoms with Gasteiger partial charge < -0.3 is 18.9 Å². The zero-order valence-electron chi connectivity index (χ0n) is 12.6. The van der Waals surface area contributed by atoms with Crippen molar-refractivity contribution in [3.05, 3.63) is 54.6 Å². The van der Waals surface area contributed by atoms with Gasteiger partial charge in [0.15, 0.2) is 6.29 Å². The molecule has 0 unspecified atom stereocenters. The van der Waals surface area contributed by atoms with E-state index in [1.807, 2.05) is 61.5 Å². The molecule has 0 radical (unpaired) electrons. The van der Waals surface area contributed by atoms with Gasteiger partial charge in [0.2, 0.25) is 0 Å². The molecule has 1 saturated heterocycles. The average Bonchev–Trinajstić information content (AvgIpc) is 3.03. The Morgan fingerprint density at radius 3 is 2.32 bits per heavy atom. The second-order valence-corrected chi connectivity index (χ2v) is 5.13. The molecule has 0 N–H and O–H groups in total. The van der Waals surface area contributed by atoms with E-state index in [2.05, 4.69) is 0 Å². The molecule has 1 fully saturated rings. The summed E-state index contributed by atoms with van der Waals surface area (Å²) in [7, 11) is 0. The fourth-order valence-electron chi connectivity index (χ4n) is 2.23. The molecule has 3 rings (SSSR count). The predicted octanol–water partition coefficient (Wildman–Crippen LogP) is 4.01. The number of hydrogen-bond donors (Lipinski definition) is 0. The van der Waals surface area contributed by atoms with Crippen molar-refractivity contribution in [2.24, 2.45) is 0 Å². The van der Waals surface area contributed by atoms with Crippen molar-refractivity contribution in [2.45, 2.75) is 25.7 Å². The third kappa shape index (κ3) is 4.00. The fourth-order valence-corrected chi connectivity index (χ4v) is 2.23. The van der Waals surface area contributed by atoms with Gasteiger partial charge in [-0.3, -0.25) is 0 Å². The predicted molar refractivity (Wildman–Crippen MR) is 83.4 cm³/mol. The summed E-state index contributed by atoms with van der Waals surface area (Å²) in [5.74, 6) is 2.40. The lowest BCUT2D eigenvalue weighted by molar-refractivity contribution is -0.0642. The maximum atomic E-state index is 5.74. The van der Waals surface area contributed by atoms with Crippen molar-refractivity contribution >= 4 is 0 Å². The first-order valence-corrected chi connectivity index (χ1v) is 7.56. The Balaban J connectivity index is 1.49. The van der Waals surface area contributed by atoms with Crippen LogP contribution in [0.15, 0.2) is 54.6 Å². The van der Waals surface area contributed by atoms with Gasteiger partial charge in [-0.25, -0.2) is 0 Å². The topological polar surface area (TPSA) is 36.9 Å². The van der Waals surface area contributed by atoms with E-state index >= 15 is 0 Å². The van der Waals surface area contributed by atoms with Crippen molar-refractivity contribution in [2.75, 3.05) is 13.2 Å². The zero-order valence-corrected chi connectivity index (χ0v) is 12.6. The van der Waals surface area contributed by atoms with Crippen LogP contribution in [-0.2, 0) is 9.47 Å². The highest BCUT2D eigenvalue weighted by Gasteiger charge is 2.24. The lowest BCUT2D eigenvalue weighted by Crippen LogP contribution is -2.20. The highest BCUT2D eigenvalue weighted by Crippen LogP contribution is 2.24. The number of para-hydroxylation sites is 1. The maximum Gasteiger partial charge on any atom is 0.158 e. The largest absolute Gasteiger partial charge is 0.491 e. The van der Waals surface area contributed by atoms with Crippen LogP contribution in [0, 0.1) is 0 Å². The Labute approximate surface area is 130 Å². The molecule has 2 aromatic carbocycles. The van der Waals surface area contributed by atoms with Gasteiger partial charge in [0.1, 0.15) is 30.0 Å². The molecule has 0 aliphatic carbocycles. The first-order valence-electron chi connectivity index (χ1n) is 7.56. The molecule has 0 saturated carbocycles. The first-order chi connectivity index (χ1) is 10.8. The minimum absolute atomic E-state index is 0.00481. The number of ether oxygens (including phenoxy) is 4. The van der Waals surface area contributed by atoms with Gasteiger partial charge in [0.05, 0.1) is 6.61 Å². The van der Waals surface area contributed by atoms with E-state index in [-0.39, 0.29) is 12.4 Å². The van der Waals surface area contributed by atoms with Gasteiger partial charge in [-0.2, -0.15) is 0 Å². The Kier molecular flexibility index (Phi) is 4.93. The molecule has 1 heterocycles. The van der Waals surface area contributed by atoms with Crippen LogP contribution in [-0.4, -0.2) is 25.6 Å². The lowest BCUT2D eigenvalue weighted by Gasteiger charge is -2.12. The van der Waals surface area contributed by atoms with Crippen molar-refractivity contribution in [1.82, 2.24) is 0 Å². The summed E-state index contributed by atoms with van der Waals surface area (Å²) in [5, 5.41) is 0. The summed E-state index contributed by atoms with van der Waals surface area (Å²) in [6.45, 7) is 3.13. The second-order valence-electron chi connectivity index (χ2n) is 5.13. The summed E-state index contributed by atoms with van der Waals surface area (Å²) in [6.07, 6.45) is 0.780. The van der Waals surface area contributed by atoms with Crippen LogP contribution in [0.4, 0.5) is 0 Å². The molecule has 4 nitrogen and oxygen atoms in total. The smallest absolute Gasteiger partial charge is 0.158 e. The van der Waals surface area contributed by atoms with Crippen LogP contribution in [0.2, 0.25) is 0 Å². The van der Waals surface area contributed by atoms with E-state index in [9.17, 15) is 0 Å². The van der Waals surface area contributed by atoms with E-state index in [1.165, 1.54) is 0 Å².